The van der Waals surface area contributed by atoms with Gasteiger partial charge in [0.1, 0.15) is 17.6 Å². The Hall–Kier alpha value is -4.05. The Kier molecular flexibility index (Phi) is 8.02. The van der Waals surface area contributed by atoms with E-state index in [0.717, 1.165) is 60.2 Å². The summed E-state index contributed by atoms with van der Waals surface area (Å²) in [5.74, 6) is 1.29. The van der Waals surface area contributed by atoms with Gasteiger partial charge in [-0.2, -0.15) is 5.10 Å². The number of ether oxygens (including phenoxy) is 1. The first-order valence-corrected chi connectivity index (χ1v) is 13.5. The van der Waals surface area contributed by atoms with Crippen molar-refractivity contribution in [2.45, 2.75) is 57.6 Å². The number of ketones is 1. The number of carbonyl (C=O) groups is 1. The smallest absolute Gasteiger partial charge is 0.266 e. The first-order chi connectivity index (χ1) is 19.0. The highest BCUT2D eigenvalue weighted by atomic mass is 16.5. The third-order valence-electron chi connectivity index (χ3n) is 7.20. The standard InChI is InChI=1S/C29H34N6O4/c1-3-30-26-17-24-23(18-31-26)29(20-8-6-19(7-9-20)25(37)5-4-16-36)33-35(24)21-10-12-22(13-11-21)39-27-14-15-28(38)34(2)32-27/h6-9,14-15,17-18,21-22,36H,3-5,10-13,16H2,1-2H3,(H,30,31). The van der Waals surface area contributed by atoms with E-state index in [1.807, 2.05) is 37.4 Å². The average molecular weight is 531 g/mol. The van der Waals surface area contributed by atoms with Crippen molar-refractivity contribution < 1.29 is 14.6 Å². The quantitative estimate of drug-likeness (QED) is 0.293. The number of aryl methyl sites for hydroxylation is 1. The van der Waals surface area contributed by atoms with E-state index in [1.54, 1.807) is 13.1 Å². The number of aliphatic hydroxyl groups is 1. The molecule has 10 nitrogen and oxygen atoms in total. The Morgan fingerprint density at radius 3 is 2.56 bits per heavy atom. The number of nitrogens with one attached hydrogen (secondary N) is 1. The van der Waals surface area contributed by atoms with Crippen LogP contribution in [0.25, 0.3) is 22.2 Å². The predicted molar refractivity (Wildman–Crippen MR) is 149 cm³/mol. The summed E-state index contributed by atoms with van der Waals surface area (Å²) in [6.45, 7) is 2.82. The zero-order valence-corrected chi connectivity index (χ0v) is 22.3. The lowest BCUT2D eigenvalue weighted by Crippen LogP contribution is -2.27. The van der Waals surface area contributed by atoms with E-state index in [9.17, 15) is 9.59 Å². The summed E-state index contributed by atoms with van der Waals surface area (Å²) in [7, 11) is 1.62. The number of hydrogen-bond acceptors (Lipinski definition) is 8. The van der Waals surface area contributed by atoms with Crippen LogP contribution in [0.1, 0.15) is 61.8 Å². The summed E-state index contributed by atoms with van der Waals surface area (Å²) in [6, 6.07) is 12.9. The third-order valence-corrected chi connectivity index (χ3v) is 7.20. The van der Waals surface area contributed by atoms with Gasteiger partial charge in [-0.15, -0.1) is 5.10 Å². The number of rotatable bonds is 10. The highest BCUT2D eigenvalue weighted by molar-refractivity contribution is 5.98. The fourth-order valence-electron chi connectivity index (χ4n) is 5.12. The van der Waals surface area contributed by atoms with E-state index < -0.39 is 0 Å². The first kappa shape index (κ1) is 26.6. The summed E-state index contributed by atoms with van der Waals surface area (Å²) in [4.78, 5) is 28.6. The van der Waals surface area contributed by atoms with Gasteiger partial charge >= 0.3 is 0 Å². The van der Waals surface area contributed by atoms with E-state index in [1.165, 1.54) is 10.7 Å². The molecule has 4 aromatic rings. The van der Waals surface area contributed by atoms with Crippen molar-refractivity contribution in [2.24, 2.45) is 7.05 Å². The van der Waals surface area contributed by atoms with Gasteiger partial charge in [0.05, 0.1) is 11.6 Å². The molecule has 0 amide bonds. The molecule has 39 heavy (non-hydrogen) atoms. The van der Waals surface area contributed by atoms with Gasteiger partial charge < -0.3 is 15.2 Å². The second kappa shape index (κ2) is 11.8. The van der Waals surface area contributed by atoms with Crippen molar-refractivity contribution in [3.05, 3.63) is 64.6 Å². The Balaban J connectivity index is 1.39. The third kappa shape index (κ3) is 5.85. The minimum Gasteiger partial charge on any atom is -0.473 e. The zero-order valence-electron chi connectivity index (χ0n) is 22.3. The summed E-state index contributed by atoms with van der Waals surface area (Å²) >= 11 is 0. The van der Waals surface area contributed by atoms with Gasteiger partial charge in [0.2, 0.25) is 5.88 Å². The molecular weight excluding hydrogens is 496 g/mol. The largest absolute Gasteiger partial charge is 0.473 e. The van der Waals surface area contributed by atoms with Crippen LogP contribution in [0.2, 0.25) is 0 Å². The maximum atomic E-state index is 12.4. The van der Waals surface area contributed by atoms with Crippen LogP contribution in [0.5, 0.6) is 5.88 Å². The molecule has 204 valence electrons. The van der Waals surface area contributed by atoms with Crippen molar-refractivity contribution >= 4 is 22.5 Å². The molecular formula is C29H34N6O4. The number of aliphatic hydroxyl groups excluding tert-OH is 1. The lowest BCUT2D eigenvalue weighted by atomic mass is 9.93. The Bertz CT molecular complexity index is 1500. The van der Waals surface area contributed by atoms with Gasteiger partial charge in [-0.25, -0.2) is 9.67 Å². The molecule has 0 bridgehead atoms. The minimum absolute atomic E-state index is 0.00726. The van der Waals surface area contributed by atoms with Crippen molar-refractivity contribution in [3.8, 4) is 17.1 Å². The number of benzene rings is 1. The molecule has 0 unspecified atom stereocenters. The Morgan fingerprint density at radius 1 is 1.10 bits per heavy atom. The van der Waals surface area contributed by atoms with Crippen molar-refractivity contribution in [1.82, 2.24) is 24.5 Å². The second-order valence-electron chi connectivity index (χ2n) is 9.92. The van der Waals surface area contributed by atoms with Crippen molar-refractivity contribution in [2.75, 3.05) is 18.5 Å². The second-order valence-corrected chi connectivity index (χ2v) is 9.92. The van der Waals surface area contributed by atoms with E-state index in [0.29, 0.717) is 24.3 Å². The topological polar surface area (TPSA) is 124 Å². The number of nitrogens with zero attached hydrogens (tertiary/aromatic N) is 5. The highest BCUT2D eigenvalue weighted by Crippen LogP contribution is 2.36. The number of hydrogen-bond donors (Lipinski definition) is 2. The predicted octanol–water partition coefficient (Wildman–Crippen LogP) is 4.14. The number of aromatic nitrogens is 5. The van der Waals surface area contributed by atoms with Gasteiger partial charge in [-0.05, 0) is 39.0 Å². The Morgan fingerprint density at radius 2 is 1.87 bits per heavy atom. The Labute approximate surface area is 226 Å². The number of anilines is 1. The summed E-state index contributed by atoms with van der Waals surface area (Å²) in [5, 5.41) is 22.6. The van der Waals surface area contributed by atoms with Crippen LogP contribution in [0.4, 0.5) is 5.82 Å². The maximum Gasteiger partial charge on any atom is 0.266 e. The van der Waals surface area contributed by atoms with Crippen LogP contribution in [0.15, 0.2) is 53.5 Å². The summed E-state index contributed by atoms with van der Waals surface area (Å²) in [5.41, 5.74) is 3.25. The number of pyridine rings is 1. The monoisotopic (exact) mass is 530 g/mol. The van der Waals surface area contributed by atoms with Crippen LogP contribution >= 0.6 is 0 Å². The molecule has 2 N–H and O–H groups in total. The number of Topliss-reactive ketones (excluding diaryl/α,β-unsaturated/α-hetero) is 1. The van der Waals surface area contributed by atoms with E-state index in [2.05, 4.69) is 26.1 Å². The highest BCUT2D eigenvalue weighted by Gasteiger charge is 2.27. The van der Waals surface area contributed by atoms with Crippen molar-refractivity contribution in [3.63, 3.8) is 0 Å². The van der Waals surface area contributed by atoms with E-state index in [4.69, 9.17) is 14.9 Å². The van der Waals surface area contributed by atoms with E-state index in [-0.39, 0.29) is 30.1 Å². The normalized spacial score (nSPS) is 17.3. The molecule has 0 aliphatic heterocycles. The summed E-state index contributed by atoms with van der Waals surface area (Å²) in [6.07, 6.45) is 6.17. The van der Waals surface area contributed by atoms with E-state index >= 15 is 0 Å². The van der Waals surface area contributed by atoms with Gasteiger partial charge in [0.25, 0.3) is 5.56 Å². The molecule has 3 aromatic heterocycles. The molecule has 0 spiro atoms. The molecule has 3 heterocycles. The number of fused-ring (bicyclic) bond motifs is 1. The molecule has 0 atom stereocenters. The summed E-state index contributed by atoms with van der Waals surface area (Å²) < 4.78 is 9.48. The average Bonchev–Trinajstić information content (AvgIpc) is 3.33. The van der Waals surface area contributed by atoms with Gasteiger partial charge in [-0.1, -0.05) is 24.3 Å². The van der Waals surface area contributed by atoms with Crippen LogP contribution < -0.4 is 15.6 Å². The molecule has 0 radical (unpaired) electrons. The molecule has 10 heteroatoms. The lowest BCUT2D eigenvalue weighted by Gasteiger charge is -2.29. The lowest BCUT2D eigenvalue weighted by molar-refractivity contribution is 0.0971. The number of carbonyl (C=O) groups excluding carboxylic acids is 1. The molecule has 1 aromatic carbocycles. The fourth-order valence-corrected chi connectivity index (χ4v) is 5.12. The van der Waals surface area contributed by atoms with Crippen LogP contribution in [-0.4, -0.2) is 54.7 Å². The van der Waals surface area contributed by atoms with Crippen LogP contribution in [0.3, 0.4) is 0 Å². The SMILES string of the molecule is CCNc1cc2c(cn1)c(-c1ccc(C(=O)CCCO)cc1)nn2C1CCC(Oc2ccc(=O)n(C)n2)CC1. The maximum absolute atomic E-state index is 12.4. The molecule has 5 rings (SSSR count). The van der Waals surface area contributed by atoms with Crippen molar-refractivity contribution in [1.29, 1.82) is 0 Å². The zero-order chi connectivity index (χ0) is 27.4. The molecule has 1 aliphatic rings. The van der Waals surface area contributed by atoms with Crippen LogP contribution in [-0.2, 0) is 7.05 Å². The fraction of sp³-hybridized carbons (Fsp3) is 0.414. The van der Waals surface area contributed by atoms with Gasteiger partial charge in [0, 0.05) is 67.5 Å². The van der Waals surface area contributed by atoms with Gasteiger partial charge in [-0.3, -0.25) is 14.3 Å². The minimum atomic E-state index is -0.165. The van der Waals surface area contributed by atoms with Gasteiger partial charge in [0.15, 0.2) is 5.78 Å². The van der Waals surface area contributed by atoms with Crippen LogP contribution in [0, 0.1) is 0 Å². The molecule has 1 saturated carbocycles. The molecule has 1 aliphatic carbocycles. The first-order valence-electron chi connectivity index (χ1n) is 13.5. The molecule has 1 fully saturated rings. The molecule has 0 saturated heterocycles.